The number of ether oxygens (including phenoxy) is 1. The molecule has 2 unspecified atom stereocenters. The second kappa shape index (κ2) is 6.36. The van der Waals surface area contributed by atoms with Crippen molar-refractivity contribution >= 4 is 25.7 Å². The fourth-order valence-electron chi connectivity index (χ4n) is 2.71. The van der Waals surface area contributed by atoms with Crippen molar-refractivity contribution in [2.75, 3.05) is 0 Å². The molecule has 0 saturated heterocycles. The van der Waals surface area contributed by atoms with Gasteiger partial charge in [0.05, 0.1) is 10.5 Å². The molecule has 4 nitrogen and oxygen atoms in total. The highest BCUT2D eigenvalue weighted by molar-refractivity contribution is 8.13. The highest BCUT2D eigenvalue weighted by atomic mass is 35.7. The molecule has 0 radical (unpaired) electrons. The molecule has 0 heterocycles. The van der Waals surface area contributed by atoms with Gasteiger partial charge in [-0.3, -0.25) is 0 Å². The standard InChI is InChI=1S/C15H19ClO4S/c1-10-4-3-5-13(7-10)20-15(17)12-6-11(2)8-14(9-12)21(16,18)19/h6,8-10,13H,3-5,7H2,1-2H3. The van der Waals surface area contributed by atoms with Gasteiger partial charge in [0.25, 0.3) is 9.05 Å². The maximum atomic E-state index is 12.2. The summed E-state index contributed by atoms with van der Waals surface area (Å²) >= 11 is 0. The molecule has 2 atom stereocenters. The van der Waals surface area contributed by atoms with Gasteiger partial charge in [0.15, 0.2) is 0 Å². The lowest BCUT2D eigenvalue weighted by molar-refractivity contribution is 0.0155. The average molecular weight is 331 g/mol. The molecule has 1 aliphatic carbocycles. The molecule has 1 fully saturated rings. The van der Waals surface area contributed by atoms with E-state index in [-0.39, 0.29) is 16.6 Å². The van der Waals surface area contributed by atoms with E-state index in [2.05, 4.69) is 6.92 Å². The second-order valence-electron chi connectivity index (χ2n) is 5.77. The third kappa shape index (κ3) is 4.45. The van der Waals surface area contributed by atoms with Crippen LogP contribution in [-0.4, -0.2) is 20.5 Å². The van der Waals surface area contributed by atoms with Gasteiger partial charge in [-0.2, -0.15) is 0 Å². The van der Waals surface area contributed by atoms with Gasteiger partial charge in [-0.15, -0.1) is 0 Å². The number of carbonyl (C=O) groups excluding carboxylic acids is 1. The first kappa shape index (κ1) is 16.3. The maximum Gasteiger partial charge on any atom is 0.338 e. The van der Waals surface area contributed by atoms with E-state index in [1.165, 1.54) is 12.1 Å². The van der Waals surface area contributed by atoms with Crippen LogP contribution in [0, 0.1) is 12.8 Å². The Morgan fingerprint density at radius 2 is 2.00 bits per heavy atom. The maximum absolute atomic E-state index is 12.2. The van der Waals surface area contributed by atoms with Gasteiger partial charge in [0, 0.05) is 10.7 Å². The van der Waals surface area contributed by atoms with Gasteiger partial charge in [0.2, 0.25) is 0 Å². The predicted molar refractivity (Wildman–Crippen MR) is 81.1 cm³/mol. The summed E-state index contributed by atoms with van der Waals surface area (Å²) in [6, 6.07) is 4.31. The van der Waals surface area contributed by atoms with Gasteiger partial charge >= 0.3 is 5.97 Å². The average Bonchev–Trinajstić information content (AvgIpc) is 2.37. The molecule has 0 spiro atoms. The number of esters is 1. The lowest BCUT2D eigenvalue weighted by atomic mass is 9.89. The van der Waals surface area contributed by atoms with Gasteiger partial charge < -0.3 is 4.74 Å². The Kier molecular flexibility index (Phi) is 4.94. The molecule has 0 N–H and O–H groups in total. The molecule has 0 bridgehead atoms. The second-order valence-corrected chi connectivity index (χ2v) is 8.34. The molecule has 1 saturated carbocycles. The summed E-state index contributed by atoms with van der Waals surface area (Å²) in [6.45, 7) is 3.86. The Morgan fingerprint density at radius 3 is 2.62 bits per heavy atom. The number of hydrogen-bond acceptors (Lipinski definition) is 4. The van der Waals surface area contributed by atoms with Crippen molar-refractivity contribution in [1.82, 2.24) is 0 Å². The summed E-state index contributed by atoms with van der Waals surface area (Å²) in [4.78, 5) is 12.1. The largest absolute Gasteiger partial charge is 0.459 e. The zero-order valence-electron chi connectivity index (χ0n) is 12.1. The van der Waals surface area contributed by atoms with Crippen LogP contribution in [0.4, 0.5) is 0 Å². The normalized spacial score (nSPS) is 22.8. The van der Waals surface area contributed by atoms with Crippen LogP contribution < -0.4 is 0 Å². The van der Waals surface area contributed by atoms with Crippen LogP contribution in [0.3, 0.4) is 0 Å². The fraction of sp³-hybridized carbons (Fsp3) is 0.533. The van der Waals surface area contributed by atoms with Crippen LogP contribution in [-0.2, 0) is 13.8 Å². The minimum Gasteiger partial charge on any atom is -0.459 e. The SMILES string of the molecule is Cc1cc(C(=O)OC2CCCC(C)C2)cc(S(=O)(=O)Cl)c1. The quantitative estimate of drug-likeness (QED) is 0.627. The first-order valence-corrected chi connectivity index (χ1v) is 9.34. The van der Waals surface area contributed by atoms with Crippen LogP contribution >= 0.6 is 10.7 Å². The van der Waals surface area contributed by atoms with Crippen LogP contribution in [0.1, 0.15) is 48.5 Å². The van der Waals surface area contributed by atoms with E-state index in [1.54, 1.807) is 13.0 Å². The first-order chi connectivity index (χ1) is 9.75. The van der Waals surface area contributed by atoms with E-state index in [4.69, 9.17) is 15.4 Å². The van der Waals surface area contributed by atoms with Crippen LogP contribution in [0.15, 0.2) is 23.1 Å². The Balaban J connectivity index is 2.17. The number of carbonyl (C=O) groups is 1. The van der Waals surface area contributed by atoms with Gasteiger partial charge in [-0.25, -0.2) is 13.2 Å². The van der Waals surface area contributed by atoms with Crippen molar-refractivity contribution in [3.63, 3.8) is 0 Å². The van der Waals surface area contributed by atoms with E-state index >= 15 is 0 Å². The van der Waals surface area contributed by atoms with Gasteiger partial charge in [-0.05, 0) is 55.9 Å². The Morgan fingerprint density at radius 1 is 1.29 bits per heavy atom. The molecule has 1 aromatic rings. The van der Waals surface area contributed by atoms with Crippen LogP contribution in [0.2, 0.25) is 0 Å². The van der Waals surface area contributed by atoms with Crippen molar-refractivity contribution < 1.29 is 17.9 Å². The topological polar surface area (TPSA) is 60.4 Å². The zero-order chi connectivity index (χ0) is 15.6. The van der Waals surface area contributed by atoms with Crippen molar-refractivity contribution in [3.05, 3.63) is 29.3 Å². The van der Waals surface area contributed by atoms with Crippen molar-refractivity contribution in [2.45, 2.75) is 50.5 Å². The van der Waals surface area contributed by atoms with E-state index < -0.39 is 15.0 Å². The van der Waals surface area contributed by atoms with E-state index in [9.17, 15) is 13.2 Å². The molecule has 2 rings (SSSR count). The van der Waals surface area contributed by atoms with Gasteiger partial charge in [0.1, 0.15) is 6.10 Å². The number of benzene rings is 1. The molecular formula is C15H19ClO4S. The molecule has 6 heteroatoms. The molecule has 116 valence electrons. The molecule has 1 aromatic carbocycles. The van der Waals surface area contributed by atoms with Crippen molar-refractivity contribution in [2.24, 2.45) is 5.92 Å². The minimum absolute atomic E-state index is 0.0758. The van der Waals surface area contributed by atoms with Gasteiger partial charge in [-0.1, -0.05) is 13.3 Å². The van der Waals surface area contributed by atoms with Crippen LogP contribution in [0.5, 0.6) is 0 Å². The predicted octanol–water partition coefficient (Wildman–Crippen LogP) is 3.66. The molecule has 21 heavy (non-hydrogen) atoms. The number of halogens is 1. The number of aryl methyl sites for hydroxylation is 1. The summed E-state index contributed by atoms with van der Waals surface area (Å²) in [6.07, 6.45) is 3.85. The summed E-state index contributed by atoms with van der Waals surface area (Å²) in [5.74, 6) is 0.0622. The summed E-state index contributed by atoms with van der Waals surface area (Å²) in [5, 5.41) is 0. The van der Waals surface area contributed by atoms with Crippen molar-refractivity contribution in [1.29, 1.82) is 0 Å². The third-order valence-electron chi connectivity index (χ3n) is 3.73. The highest BCUT2D eigenvalue weighted by Gasteiger charge is 2.23. The lowest BCUT2D eigenvalue weighted by Gasteiger charge is -2.26. The zero-order valence-corrected chi connectivity index (χ0v) is 13.7. The van der Waals surface area contributed by atoms with E-state index in [1.807, 2.05) is 0 Å². The highest BCUT2D eigenvalue weighted by Crippen LogP contribution is 2.27. The Hall–Kier alpha value is -1.07. The molecular weight excluding hydrogens is 312 g/mol. The monoisotopic (exact) mass is 330 g/mol. The molecule has 1 aliphatic rings. The summed E-state index contributed by atoms with van der Waals surface area (Å²) < 4.78 is 28.3. The number of hydrogen-bond donors (Lipinski definition) is 0. The van der Waals surface area contributed by atoms with E-state index in [0.29, 0.717) is 11.5 Å². The Labute approximate surface area is 129 Å². The van der Waals surface area contributed by atoms with Crippen molar-refractivity contribution in [3.8, 4) is 0 Å². The first-order valence-electron chi connectivity index (χ1n) is 7.03. The smallest absolute Gasteiger partial charge is 0.338 e. The fourth-order valence-corrected chi connectivity index (χ4v) is 3.57. The lowest BCUT2D eigenvalue weighted by Crippen LogP contribution is -2.24. The molecule has 0 aliphatic heterocycles. The minimum atomic E-state index is -3.86. The summed E-state index contributed by atoms with van der Waals surface area (Å²) in [7, 11) is 1.48. The third-order valence-corrected chi connectivity index (χ3v) is 5.06. The Bertz CT molecular complexity index is 639. The summed E-state index contributed by atoms with van der Waals surface area (Å²) in [5.41, 5.74) is 0.883. The van der Waals surface area contributed by atoms with Crippen LogP contribution in [0.25, 0.3) is 0 Å². The van der Waals surface area contributed by atoms with E-state index in [0.717, 1.165) is 25.7 Å². The molecule has 0 amide bonds. The number of rotatable bonds is 3. The molecule has 0 aromatic heterocycles.